The molecule has 0 aromatic rings. The largest absolute Gasteiger partial charge is 0.388 e. The molecular weight excluding hydrogens is 256 g/mol. The van der Waals surface area contributed by atoms with Gasteiger partial charge in [0.25, 0.3) is 0 Å². The molecule has 1 rings (SSSR count). The molecule has 5 nitrogen and oxygen atoms in total. The van der Waals surface area contributed by atoms with Crippen molar-refractivity contribution < 1.29 is 14.7 Å². The molecule has 0 bridgehead atoms. The van der Waals surface area contributed by atoms with Crippen LogP contribution in [-0.4, -0.2) is 35.1 Å². The van der Waals surface area contributed by atoms with Crippen LogP contribution in [0.15, 0.2) is 0 Å². The maximum absolute atomic E-state index is 12.1. The highest BCUT2D eigenvalue weighted by molar-refractivity contribution is 5.87. The molecule has 1 aliphatic rings. The molecule has 0 radical (unpaired) electrons. The third-order valence-corrected chi connectivity index (χ3v) is 4.10. The second-order valence-corrected chi connectivity index (χ2v) is 6.55. The molecule has 1 fully saturated rings. The fourth-order valence-electron chi connectivity index (χ4n) is 2.59. The number of hydrogen-bond acceptors (Lipinski definition) is 3. The number of carbonyl (C=O) groups is 2. The summed E-state index contributed by atoms with van der Waals surface area (Å²) >= 11 is 0. The number of hydrogen-bond donors (Lipinski definition) is 3. The Labute approximate surface area is 121 Å². The first kappa shape index (κ1) is 17.0. The topological polar surface area (TPSA) is 78.4 Å². The van der Waals surface area contributed by atoms with Gasteiger partial charge in [-0.2, -0.15) is 0 Å². The molecule has 0 aromatic carbocycles. The van der Waals surface area contributed by atoms with Gasteiger partial charge in [0.1, 0.15) is 6.04 Å². The zero-order valence-electron chi connectivity index (χ0n) is 13.0. The highest BCUT2D eigenvalue weighted by atomic mass is 16.3. The third kappa shape index (κ3) is 5.12. The van der Waals surface area contributed by atoms with Gasteiger partial charge in [-0.15, -0.1) is 0 Å². The van der Waals surface area contributed by atoms with Crippen molar-refractivity contribution in [3.05, 3.63) is 0 Å². The van der Waals surface area contributed by atoms with Gasteiger partial charge >= 0.3 is 0 Å². The van der Waals surface area contributed by atoms with Crippen molar-refractivity contribution in [2.75, 3.05) is 6.54 Å². The van der Waals surface area contributed by atoms with Crippen molar-refractivity contribution >= 4 is 11.8 Å². The Balaban J connectivity index is 2.50. The van der Waals surface area contributed by atoms with E-state index in [2.05, 4.69) is 17.6 Å². The highest BCUT2D eigenvalue weighted by Crippen LogP contribution is 2.31. The minimum Gasteiger partial charge on any atom is -0.388 e. The summed E-state index contributed by atoms with van der Waals surface area (Å²) in [6.45, 7) is 7.62. The number of amides is 2. The number of aliphatic hydroxyl groups is 1. The Kier molecular flexibility index (Phi) is 5.99. The normalized spacial score (nSPS) is 28.0. The Morgan fingerprint density at radius 1 is 1.30 bits per heavy atom. The lowest BCUT2D eigenvalue weighted by Crippen LogP contribution is -2.53. The van der Waals surface area contributed by atoms with Gasteiger partial charge < -0.3 is 15.7 Å². The molecule has 1 aliphatic carbocycles. The van der Waals surface area contributed by atoms with E-state index in [1.807, 2.05) is 13.8 Å². The number of nitrogens with one attached hydrogen (secondary N) is 2. The second-order valence-electron chi connectivity index (χ2n) is 6.55. The van der Waals surface area contributed by atoms with Crippen LogP contribution in [0.3, 0.4) is 0 Å². The van der Waals surface area contributed by atoms with E-state index in [1.54, 1.807) is 0 Å². The first-order valence-electron chi connectivity index (χ1n) is 7.51. The molecule has 20 heavy (non-hydrogen) atoms. The molecule has 0 heterocycles. The van der Waals surface area contributed by atoms with Crippen molar-refractivity contribution in [3.63, 3.8) is 0 Å². The maximum atomic E-state index is 12.1. The summed E-state index contributed by atoms with van der Waals surface area (Å²) in [6.07, 6.45) is 3.43. The first-order valence-corrected chi connectivity index (χ1v) is 7.51. The fourth-order valence-corrected chi connectivity index (χ4v) is 2.59. The summed E-state index contributed by atoms with van der Waals surface area (Å²) in [5.41, 5.74) is -0.792. The van der Waals surface area contributed by atoms with Crippen LogP contribution in [0.1, 0.15) is 53.4 Å². The average Bonchev–Trinajstić information content (AvgIpc) is 2.37. The van der Waals surface area contributed by atoms with E-state index >= 15 is 0 Å². The van der Waals surface area contributed by atoms with Gasteiger partial charge in [-0.05, 0) is 37.5 Å². The smallest absolute Gasteiger partial charge is 0.242 e. The molecule has 0 aliphatic heterocycles. The van der Waals surface area contributed by atoms with Crippen LogP contribution in [0.25, 0.3) is 0 Å². The predicted molar refractivity (Wildman–Crippen MR) is 78.0 cm³/mol. The minimum atomic E-state index is -0.792. The molecule has 1 unspecified atom stereocenters. The lowest BCUT2D eigenvalue weighted by atomic mass is 9.79. The SMILES string of the molecule is CC(=O)NC(C(=O)NCC1(O)CCC(C)CC1)C(C)C. The molecule has 0 spiro atoms. The van der Waals surface area contributed by atoms with Crippen LogP contribution >= 0.6 is 0 Å². The molecule has 0 aromatic heterocycles. The Morgan fingerprint density at radius 3 is 2.30 bits per heavy atom. The van der Waals surface area contributed by atoms with Crippen molar-refractivity contribution in [1.82, 2.24) is 10.6 Å². The van der Waals surface area contributed by atoms with Gasteiger partial charge in [0.2, 0.25) is 11.8 Å². The minimum absolute atomic E-state index is 0.0138. The average molecular weight is 284 g/mol. The molecule has 3 N–H and O–H groups in total. The van der Waals surface area contributed by atoms with Gasteiger partial charge in [0.05, 0.1) is 5.60 Å². The van der Waals surface area contributed by atoms with Crippen LogP contribution in [0, 0.1) is 11.8 Å². The van der Waals surface area contributed by atoms with Crippen LogP contribution in [0.4, 0.5) is 0 Å². The predicted octanol–water partition coefficient (Wildman–Crippen LogP) is 1.20. The second kappa shape index (κ2) is 7.07. The lowest BCUT2D eigenvalue weighted by Gasteiger charge is -2.35. The molecule has 1 saturated carbocycles. The number of carbonyl (C=O) groups excluding carboxylic acids is 2. The monoisotopic (exact) mass is 284 g/mol. The highest BCUT2D eigenvalue weighted by Gasteiger charge is 2.33. The summed E-state index contributed by atoms with van der Waals surface area (Å²) in [5.74, 6) is 0.222. The van der Waals surface area contributed by atoms with Crippen molar-refractivity contribution in [2.45, 2.75) is 65.0 Å². The van der Waals surface area contributed by atoms with E-state index in [0.29, 0.717) is 5.92 Å². The molecule has 2 amide bonds. The standard InChI is InChI=1S/C15H28N2O3/c1-10(2)13(17-12(4)18)14(19)16-9-15(20)7-5-11(3)6-8-15/h10-11,13,20H,5-9H2,1-4H3,(H,16,19)(H,17,18). The van der Waals surface area contributed by atoms with Gasteiger partial charge in [-0.1, -0.05) is 20.8 Å². The van der Waals surface area contributed by atoms with Crippen LogP contribution in [0.2, 0.25) is 0 Å². The quantitative estimate of drug-likeness (QED) is 0.710. The van der Waals surface area contributed by atoms with Crippen LogP contribution in [0.5, 0.6) is 0 Å². The molecule has 0 saturated heterocycles. The van der Waals surface area contributed by atoms with E-state index < -0.39 is 11.6 Å². The summed E-state index contributed by atoms with van der Waals surface area (Å²) in [5, 5.41) is 15.9. The van der Waals surface area contributed by atoms with Crippen molar-refractivity contribution in [3.8, 4) is 0 Å². The first-order chi connectivity index (χ1) is 9.23. The zero-order chi connectivity index (χ0) is 15.3. The van der Waals surface area contributed by atoms with Gasteiger partial charge in [-0.3, -0.25) is 9.59 Å². The molecule has 1 atom stereocenters. The zero-order valence-corrected chi connectivity index (χ0v) is 13.0. The summed E-state index contributed by atoms with van der Waals surface area (Å²) in [7, 11) is 0. The Hall–Kier alpha value is -1.10. The van der Waals surface area contributed by atoms with Crippen molar-refractivity contribution in [1.29, 1.82) is 0 Å². The fraction of sp³-hybridized carbons (Fsp3) is 0.867. The summed E-state index contributed by atoms with van der Waals surface area (Å²) in [6, 6.07) is -0.543. The van der Waals surface area contributed by atoms with E-state index in [4.69, 9.17) is 0 Å². The lowest BCUT2D eigenvalue weighted by molar-refractivity contribution is -0.130. The van der Waals surface area contributed by atoms with Gasteiger partial charge in [-0.25, -0.2) is 0 Å². The van der Waals surface area contributed by atoms with Crippen molar-refractivity contribution in [2.24, 2.45) is 11.8 Å². The third-order valence-electron chi connectivity index (χ3n) is 4.10. The van der Waals surface area contributed by atoms with E-state index in [1.165, 1.54) is 6.92 Å². The molecule has 116 valence electrons. The van der Waals surface area contributed by atoms with E-state index in [9.17, 15) is 14.7 Å². The number of rotatable bonds is 5. The van der Waals surface area contributed by atoms with Crippen LogP contribution in [-0.2, 0) is 9.59 Å². The van der Waals surface area contributed by atoms with E-state index in [0.717, 1.165) is 25.7 Å². The van der Waals surface area contributed by atoms with E-state index in [-0.39, 0.29) is 24.3 Å². The summed E-state index contributed by atoms with van der Waals surface area (Å²) in [4.78, 5) is 23.3. The Bertz CT molecular complexity index is 347. The molecule has 5 heteroatoms. The maximum Gasteiger partial charge on any atom is 0.242 e. The van der Waals surface area contributed by atoms with Gasteiger partial charge in [0, 0.05) is 13.5 Å². The van der Waals surface area contributed by atoms with Gasteiger partial charge in [0.15, 0.2) is 0 Å². The summed E-state index contributed by atoms with van der Waals surface area (Å²) < 4.78 is 0. The Morgan fingerprint density at radius 2 is 1.85 bits per heavy atom. The molecular formula is C15H28N2O3. The van der Waals surface area contributed by atoms with Crippen LogP contribution < -0.4 is 10.6 Å².